The molecule has 0 atom stereocenters. The predicted octanol–water partition coefficient (Wildman–Crippen LogP) is 20.0. The van der Waals surface area contributed by atoms with E-state index in [9.17, 15) is 0 Å². The highest BCUT2D eigenvalue weighted by Crippen LogP contribution is 2.67. The van der Waals surface area contributed by atoms with Crippen molar-refractivity contribution in [3.05, 3.63) is 188 Å². The number of hydrogen-bond donors (Lipinski definition) is 0. The minimum atomic E-state index is -2.00. The van der Waals surface area contributed by atoms with Crippen LogP contribution in [0, 0.1) is 27.7 Å². The smallest absolute Gasteiger partial charge is 0.107 e. The molecule has 6 heteroatoms. The van der Waals surface area contributed by atoms with Crippen molar-refractivity contribution in [2.75, 3.05) is 0 Å². The molecule has 0 spiro atoms. The molecule has 0 nitrogen and oxygen atoms in total. The summed E-state index contributed by atoms with van der Waals surface area (Å²) in [6.07, 6.45) is 0. The first-order chi connectivity index (χ1) is 34.3. The molecule has 0 saturated carbocycles. The second kappa shape index (κ2) is 17.7. The van der Waals surface area contributed by atoms with E-state index >= 15 is 0 Å². The van der Waals surface area contributed by atoms with E-state index in [0.717, 1.165) is 0 Å². The fraction of sp³-hybridized carbons (Fsp3) is 0.364. The summed E-state index contributed by atoms with van der Waals surface area (Å²) in [6.45, 7) is 39.3. The quantitative estimate of drug-likeness (QED) is 0.107. The van der Waals surface area contributed by atoms with Gasteiger partial charge in [-0.1, -0.05) is 202 Å². The molecule has 2 aliphatic carbocycles. The SMILES string of the molecule is Cc1ccc(C2(c3ccc(C)cc3)c3cc([Si](C(C)C)(C(C)C)C(C)C)sc3-c3sc4cc5c6c(sc5cc4c32)-c2sc([Si](C(C)C)(C(C)C)C(C)C)cc2C6(c2ccc(C)cc2)c2ccc(C)cc2)cc1. The summed E-state index contributed by atoms with van der Waals surface area (Å²) in [5.41, 5.74) is 19.6. The number of benzene rings is 5. The number of hydrogen-bond acceptors (Lipinski definition) is 4. The number of rotatable bonds is 12. The van der Waals surface area contributed by atoms with Crippen molar-refractivity contribution in [1.29, 1.82) is 0 Å². The van der Waals surface area contributed by atoms with Crippen LogP contribution in [0.5, 0.6) is 0 Å². The van der Waals surface area contributed by atoms with Gasteiger partial charge in [0.25, 0.3) is 0 Å². The second-order valence-electron chi connectivity index (χ2n) is 23.9. The molecule has 0 amide bonds. The molecule has 0 unspecified atom stereocenters. The van der Waals surface area contributed by atoms with Crippen LogP contribution in [0.2, 0.25) is 33.2 Å². The van der Waals surface area contributed by atoms with Crippen molar-refractivity contribution < 1.29 is 0 Å². The lowest BCUT2D eigenvalue weighted by atomic mass is 9.67. The normalized spacial score (nSPS) is 15.1. The Morgan fingerprint density at radius 2 is 0.569 bits per heavy atom. The molecule has 5 aromatic carbocycles. The summed E-state index contributed by atoms with van der Waals surface area (Å²) >= 11 is 8.50. The van der Waals surface area contributed by atoms with Gasteiger partial charge in [0, 0.05) is 19.2 Å². The van der Waals surface area contributed by atoms with Crippen LogP contribution in [0.1, 0.15) is 150 Å². The molecular weight excluding hydrogens is 977 g/mol. The van der Waals surface area contributed by atoms with Gasteiger partial charge >= 0.3 is 0 Å². The fourth-order valence-corrected chi connectivity index (χ4v) is 38.8. The van der Waals surface area contributed by atoms with Crippen molar-refractivity contribution in [3.63, 3.8) is 0 Å². The van der Waals surface area contributed by atoms with Gasteiger partial charge in [-0.2, -0.15) is 0 Å². The van der Waals surface area contributed by atoms with Crippen molar-refractivity contribution in [1.82, 2.24) is 0 Å². The molecule has 2 aliphatic rings. The Hall–Kier alpha value is -4.15. The summed E-state index contributed by atoms with van der Waals surface area (Å²) in [5.74, 6) is 0. The van der Waals surface area contributed by atoms with Crippen LogP contribution >= 0.6 is 45.3 Å². The van der Waals surface area contributed by atoms with Crippen LogP contribution in [0.25, 0.3) is 39.7 Å². The molecule has 9 aromatic rings. The molecule has 72 heavy (non-hydrogen) atoms. The summed E-state index contributed by atoms with van der Waals surface area (Å²) in [5, 5.41) is 2.84. The van der Waals surface area contributed by atoms with E-state index < -0.39 is 27.0 Å². The lowest BCUT2D eigenvalue weighted by Crippen LogP contribution is -2.54. The Kier molecular flexibility index (Phi) is 12.3. The van der Waals surface area contributed by atoms with Crippen molar-refractivity contribution in [2.24, 2.45) is 0 Å². The van der Waals surface area contributed by atoms with Crippen molar-refractivity contribution in [3.8, 4) is 19.5 Å². The maximum Gasteiger partial charge on any atom is 0.107 e. The molecule has 0 aliphatic heterocycles. The van der Waals surface area contributed by atoms with Gasteiger partial charge in [-0.25, -0.2) is 0 Å². The van der Waals surface area contributed by atoms with Crippen molar-refractivity contribution >= 4 is 90.7 Å². The first kappa shape index (κ1) is 50.0. The van der Waals surface area contributed by atoms with Gasteiger partial charge in [-0.15, -0.1) is 45.3 Å². The van der Waals surface area contributed by atoms with E-state index in [1.165, 1.54) is 106 Å². The largest absolute Gasteiger partial charge is 0.144 e. The van der Waals surface area contributed by atoms with E-state index in [4.69, 9.17) is 0 Å². The molecule has 4 heterocycles. The Balaban J connectivity index is 1.28. The zero-order valence-electron chi connectivity index (χ0n) is 45.6. The number of fused-ring (bicyclic) bond motifs is 10. The third-order valence-corrected chi connectivity index (χ3v) is 39.2. The number of aryl methyl sites for hydroxylation is 4. The summed E-state index contributed by atoms with van der Waals surface area (Å²) in [6, 6.07) is 49.5. The van der Waals surface area contributed by atoms with Crippen LogP contribution < -0.4 is 9.00 Å². The van der Waals surface area contributed by atoms with Gasteiger partial charge in [0.1, 0.15) is 16.1 Å². The summed E-state index contributed by atoms with van der Waals surface area (Å²) in [7, 11) is -4.00. The van der Waals surface area contributed by atoms with Crippen LogP contribution in [0.15, 0.2) is 121 Å². The van der Waals surface area contributed by atoms with Crippen LogP contribution in [-0.2, 0) is 10.8 Å². The zero-order valence-corrected chi connectivity index (χ0v) is 50.9. The first-order valence-electron chi connectivity index (χ1n) is 26.9. The molecule has 11 rings (SSSR count). The molecule has 0 saturated heterocycles. The Morgan fingerprint density at radius 1 is 0.319 bits per heavy atom. The highest BCUT2D eigenvalue weighted by atomic mass is 32.1. The lowest BCUT2D eigenvalue weighted by molar-refractivity contribution is 0.777. The molecule has 0 N–H and O–H groups in total. The fourth-order valence-electron chi connectivity index (χ4n) is 15.6. The highest BCUT2D eigenvalue weighted by molar-refractivity contribution is 7.34. The van der Waals surface area contributed by atoms with E-state index in [-0.39, 0.29) is 0 Å². The Morgan fingerprint density at radius 3 is 0.806 bits per heavy atom. The van der Waals surface area contributed by atoms with E-state index in [2.05, 4.69) is 277 Å². The van der Waals surface area contributed by atoms with Gasteiger partial charge in [0.2, 0.25) is 0 Å². The van der Waals surface area contributed by atoms with E-state index in [1.54, 1.807) is 9.00 Å². The Bertz CT molecular complexity index is 3140. The van der Waals surface area contributed by atoms with Gasteiger partial charge in [-0.3, -0.25) is 0 Å². The average molecular weight is 1050 g/mol. The van der Waals surface area contributed by atoms with Gasteiger partial charge < -0.3 is 0 Å². The van der Waals surface area contributed by atoms with Gasteiger partial charge in [0.05, 0.1) is 20.6 Å². The van der Waals surface area contributed by atoms with Crippen LogP contribution in [0.4, 0.5) is 0 Å². The van der Waals surface area contributed by atoms with Crippen molar-refractivity contribution in [2.45, 2.75) is 155 Å². The molecule has 4 aromatic heterocycles. The molecule has 0 bridgehead atoms. The Labute approximate surface area is 449 Å². The van der Waals surface area contributed by atoms with Crippen LogP contribution in [-0.4, -0.2) is 16.1 Å². The third kappa shape index (κ3) is 6.67. The minimum Gasteiger partial charge on any atom is -0.144 e. The van der Waals surface area contributed by atoms with E-state index in [1.807, 2.05) is 0 Å². The first-order valence-corrected chi connectivity index (χ1v) is 34.6. The summed E-state index contributed by atoms with van der Waals surface area (Å²) in [4.78, 5) is 5.98. The highest BCUT2D eigenvalue weighted by Gasteiger charge is 2.56. The second-order valence-corrected chi connectivity index (χ2v) is 40.6. The van der Waals surface area contributed by atoms with Gasteiger partial charge in [0.15, 0.2) is 0 Å². The van der Waals surface area contributed by atoms with E-state index in [0.29, 0.717) is 33.2 Å². The standard InChI is InChI=1S/C66H74S4Si2/c1-37(2)71(38(3)4,39(5)6)57-35-53-61(69-57)63-59(65(53,47-25-17-43(13)18-26-47)48-27-19-44(14)20-28-48)51-33-56-52(34-55(51)67-63)60-64(68-56)62-54(36-58(70-62)72(40(7)8,41(9)10)42(11)12)66(60,49-29-21-45(15)22-30-49)50-31-23-46(16)24-32-50/h17-42H,1-16H3. The monoisotopic (exact) mass is 1050 g/mol. The predicted molar refractivity (Wildman–Crippen MR) is 328 cm³/mol. The average Bonchev–Trinajstić information content (AvgIpc) is 4.17. The van der Waals surface area contributed by atoms with Gasteiger partial charge in [-0.05, 0) is 149 Å². The molecule has 0 fully saturated rings. The number of thiophene rings is 4. The third-order valence-electron chi connectivity index (χ3n) is 18.5. The van der Waals surface area contributed by atoms with Crippen LogP contribution in [0.3, 0.4) is 0 Å². The molecular formula is C66H74S4Si2. The topological polar surface area (TPSA) is 0 Å². The minimum absolute atomic E-state index is 0.459. The maximum atomic E-state index is 2.77. The molecule has 370 valence electrons. The maximum absolute atomic E-state index is 2.77. The summed E-state index contributed by atoms with van der Waals surface area (Å²) < 4.78 is 6.18. The molecule has 0 radical (unpaired) electrons. The zero-order chi connectivity index (χ0) is 51.1. The lowest BCUT2D eigenvalue weighted by Gasteiger charge is -2.42.